The highest BCUT2D eigenvalue weighted by atomic mass is 19.1. The molecule has 0 fully saturated rings. The second-order valence-corrected chi connectivity index (χ2v) is 4.28. The molecule has 94 valence electrons. The highest BCUT2D eigenvalue weighted by Gasteiger charge is 2.04. The van der Waals surface area contributed by atoms with E-state index in [4.69, 9.17) is 5.73 Å². The van der Waals surface area contributed by atoms with Crippen molar-refractivity contribution in [3.8, 4) is 0 Å². The lowest BCUT2D eigenvalue weighted by Gasteiger charge is -2.10. The molecule has 0 unspecified atom stereocenters. The first-order valence-corrected chi connectivity index (χ1v) is 5.54. The van der Waals surface area contributed by atoms with E-state index in [9.17, 15) is 9.18 Å². The van der Waals surface area contributed by atoms with Crippen LogP contribution in [0.25, 0.3) is 0 Å². The molecular formula is C12H18FN3O. The van der Waals surface area contributed by atoms with Crippen LogP contribution in [0.4, 0.5) is 15.8 Å². The van der Waals surface area contributed by atoms with Gasteiger partial charge in [-0.15, -0.1) is 0 Å². The monoisotopic (exact) mass is 239 g/mol. The fraction of sp³-hybridized carbons (Fsp3) is 0.417. The Bertz CT molecular complexity index is 393. The highest BCUT2D eigenvalue weighted by molar-refractivity contribution is 5.82. The minimum absolute atomic E-state index is 0.109. The number of halogens is 1. The summed E-state index contributed by atoms with van der Waals surface area (Å²) in [7, 11) is 0. The van der Waals surface area contributed by atoms with Crippen LogP contribution in [0.5, 0.6) is 0 Å². The lowest BCUT2D eigenvalue weighted by Crippen LogP contribution is -2.32. The number of rotatable bonds is 5. The van der Waals surface area contributed by atoms with Crippen LogP contribution in [0.3, 0.4) is 0 Å². The number of carbonyl (C=O) groups is 1. The summed E-state index contributed by atoms with van der Waals surface area (Å²) in [5, 5.41) is 5.63. The lowest BCUT2D eigenvalue weighted by molar-refractivity contribution is -0.119. The van der Waals surface area contributed by atoms with Crippen LogP contribution in [0, 0.1) is 11.7 Å². The Labute approximate surface area is 100 Å². The number of nitrogen functional groups attached to an aromatic ring is 1. The van der Waals surface area contributed by atoms with Gasteiger partial charge < -0.3 is 16.4 Å². The Morgan fingerprint density at radius 3 is 2.76 bits per heavy atom. The van der Waals surface area contributed by atoms with Crippen molar-refractivity contribution >= 4 is 17.3 Å². The number of carbonyl (C=O) groups excluding carboxylic acids is 1. The van der Waals surface area contributed by atoms with E-state index in [1.807, 2.05) is 13.8 Å². The van der Waals surface area contributed by atoms with Crippen LogP contribution in [-0.4, -0.2) is 19.0 Å². The van der Waals surface area contributed by atoms with Gasteiger partial charge in [-0.05, 0) is 24.1 Å². The van der Waals surface area contributed by atoms with E-state index in [1.165, 1.54) is 18.2 Å². The van der Waals surface area contributed by atoms with Gasteiger partial charge in [-0.1, -0.05) is 13.8 Å². The molecule has 0 aliphatic carbocycles. The molecule has 0 atom stereocenters. The van der Waals surface area contributed by atoms with Gasteiger partial charge in [0.2, 0.25) is 5.91 Å². The molecule has 0 heterocycles. The van der Waals surface area contributed by atoms with Crippen LogP contribution in [0.1, 0.15) is 13.8 Å². The molecule has 0 bridgehead atoms. The number of benzene rings is 1. The summed E-state index contributed by atoms with van der Waals surface area (Å²) in [6, 6.07) is 4.03. The van der Waals surface area contributed by atoms with Gasteiger partial charge in [0.25, 0.3) is 0 Å². The lowest BCUT2D eigenvalue weighted by atomic mass is 10.2. The maximum Gasteiger partial charge on any atom is 0.239 e. The van der Waals surface area contributed by atoms with Gasteiger partial charge in [0.1, 0.15) is 5.82 Å². The van der Waals surface area contributed by atoms with E-state index in [1.54, 1.807) is 0 Å². The molecule has 0 saturated heterocycles. The average Bonchev–Trinajstić information content (AvgIpc) is 2.25. The predicted molar refractivity (Wildman–Crippen MR) is 67.1 cm³/mol. The quantitative estimate of drug-likeness (QED) is 0.684. The summed E-state index contributed by atoms with van der Waals surface area (Å²) >= 11 is 0. The number of nitrogens with two attached hydrogens (primary N) is 1. The van der Waals surface area contributed by atoms with E-state index in [-0.39, 0.29) is 12.5 Å². The first kappa shape index (κ1) is 13.3. The molecule has 5 heteroatoms. The molecule has 4 N–H and O–H groups in total. The first-order valence-electron chi connectivity index (χ1n) is 5.54. The summed E-state index contributed by atoms with van der Waals surface area (Å²) < 4.78 is 12.8. The second-order valence-electron chi connectivity index (χ2n) is 4.28. The third-order valence-electron chi connectivity index (χ3n) is 2.16. The normalized spacial score (nSPS) is 10.4. The predicted octanol–water partition coefficient (Wildman–Crippen LogP) is 1.59. The Kier molecular flexibility index (Phi) is 4.75. The van der Waals surface area contributed by atoms with Gasteiger partial charge >= 0.3 is 0 Å². The van der Waals surface area contributed by atoms with E-state index in [0.717, 1.165) is 0 Å². The van der Waals surface area contributed by atoms with Crippen molar-refractivity contribution < 1.29 is 9.18 Å². The van der Waals surface area contributed by atoms with Crippen molar-refractivity contribution in [1.29, 1.82) is 0 Å². The van der Waals surface area contributed by atoms with Crippen LogP contribution in [0.15, 0.2) is 18.2 Å². The molecule has 4 nitrogen and oxygen atoms in total. The van der Waals surface area contributed by atoms with Crippen molar-refractivity contribution in [3.63, 3.8) is 0 Å². The van der Waals surface area contributed by atoms with E-state index >= 15 is 0 Å². The van der Waals surface area contributed by atoms with Gasteiger partial charge in [0.15, 0.2) is 0 Å². The Morgan fingerprint density at radius 2 is 2.18 bits per heavy atom. The molecule has 0 radical (unpaired) electrons. The third-order valence-corrected chi connectivity index (χ3v) is 2.16. The van der Waals surface area contributed by atoms with Gasteiger partial charge in [0, 0.05) is 6.54 Å². The fourth-order valence-corrected chi connectivity index (χ4v) is 1.25. The standard InChI is InChI=1S/C12H18FN3O/c1-8(2)6-16-12(17)7-15-11-4-3-9(13)5-10(11)14/h3-5,8,15H,6-7,14H2,1-2H3,(H,16,17). The summed E-state index contributed by atoms with van der Waals surface area (Å²) in [4.78, 5) is 11.4. The smallest absolute Gasteiger partial charge is 0.239 e. The van der Waals surface area contributed by atoms with Crippen molar-refractivity contribution in [1.82, 2.24) is 5.32 Å². The van der Waals surface area contributed by atoms with E-state index in [2.05, 4.69) is 10.6 Å². The van der Waals surface area contributed by atoms with Crippen molar-refractivity contribution in [2.75, 3.05) is 24.1 Å². The zero-order valence-electron chi connectivity index (χ0n) is 10.1. The molecule has 0 saturated carbocycles. The second kappa shape index (κ2) is 6.08. The number of amides is 1. The summed E-state index contributed by atoms with van der Waals surface area (Å²) in [6.45, 7) is 4.80. The largest absolute Gasteiger partial charge is 0.397 e. The number of hydrogen-bond donors (Lipinski definition) is 3. The maximum absolute atomic E-state index is 12.8. The van der Waals surface area contributed by atoms with Gasteiger partial charge in [-0.3, -0.25) is 4.79 Å². The highest BCUT2D eigenvalue weighted by Crippen LogP contribution is 2.18. The molecule has 17 heavy (non-hydrogen) atoms. The maximum atomic E-state index is 12.8. The first-order chi connectivity index (χ1) is 7.99. The van der Waals surface area contributed by atoms with Crippen molar-refractivity contribution in [2.45, 2.75) is 13.8 Å². The van der Waals surface area contributed by atoms with Gasteiger partial charge in [-0.25, -0.2) is 4.39 Å². The van der Waals surface area contributed by atoms with E-state index < -0.39 is 5.82 Å². The number of hydrogen-bond acceptors (Lipinski definition) is 3. The molecule has 0 spiro atoms. The molecule has 1 aromatic rings. The molecular weight excluding hydrogens is 221 g/mol. The minimum atomic E-state index is -0.391. The van der Waals surface area contributed by atoms with Crippen molar-refractivity contribution in [2.24, 2.45) is 5.92 Å². The molecule has 1 rings (SSSR count). The number of anilines is 2. The molecule has 0 aromatic heterocycles. The zero-order chi connectivity index (χ0) is 12.8. The summed E-state index contributed by atoms with van der Waals surface area (Å²) in [5.74, 6) is -0.0884. The fourth-order valence-electron chi connectivity index (χ4n) is 1.25. The Hall–Kier alpha value is -1.78. The molecule has 0 aliphatic rings. The van der Waals surface area contributed by atoms with E-state index in [0.29, 0.717) is 23.8 Å². The topological polar surface area (TPSA) is 67.2 Å². The minimum Gasteiger partial charge on any atom is -0.397 e. The SMILES string of the molecule is CC(C)CNC(=O)CNc1ccc(F)cc1N. The Morgan fingerprint density at radius 1 is 1.47 bits per heavy atom. The van der Waals surface area contributed by atoms with Crippen molar-refractivity contribution in [3.05, 3.63) is 24.0 Å². The van der Waals surface area contributed by atoms with Crippen LogP contribution in [0.2, 0.25) is 0 Å². The van der Waals surface area contributed by atoms with Gasteiger partial charge in [-0.2, -0.15) is 0 Å². The summed E-state index contributed by atoms with van der Waals surface area (Å²) in [5.41, 5.74) is 6.45. The average molecular weight is 239 g/mol. The van der Waals surface area contributed by atoms with Crippen LogP contribution < -0.4 is 16.4 Å². The third kappa shape index (κ3) is 4.72. The van der Waals surface area contributed by atoms with Crippen LogP contribution >= 0.6 is 0 Å². The molecule has 1 amide bonds. The van der Waals surface area contributed by atoms with Gasteiger partial charge in [0.05, 0.1) is 17.9 Å². The zero-order valence-corrected chi connectivity index (χ0v) is 10.1. The molecule has 0 aliphatic heterocycles. The summed E-state index contributed by atoms with van der Waals surface area (Å²) in [6.07, 6.45) is 0. The molecule has 1 aromatic carbocycles. The Balaban J connectivity index is 2.42. The van der Waals surface area contributed by atoms with Crippen LogP contribution in [-0.2, 0) is 4.79 Å². The number of nitrogens with one attached hydrogen (secondary N) is 2.